The fourth-order valence-corrected chi connectivity index (χ4v) is 4.75. The van der Waals surface area contributed by atoms with Crippen LogP contribution in [-0.2, 0) is 0 Å². The van der Waals surface area contributed by atoms with Gasteiger partial charge in [-0.25, -0.2) is 4.98 Å². The molecular formula is C23H19N3O4S. The molecule has 0 unspecified atom stereocenters. The average molecular weight is 433 g/mol. The number of aliphatic hydroxyl groups excluding tert-OH is 1. The zero-order chi connectivity index (χ0) is 22.1. The molecule has 8 heteroatoms. The molecule has 1 atom stereocenters. The van der Waals surface area contributed by atoms with Gasteiger partial charge in [0.15, 0.2) is 0 Å². The molecule has 0 aliphatic heterocycles. The molecule has 0 spiro atoms. The number of hydrogen-bond donors (Lipinski definition) is 2. The van der Waals surface area contributed by atoms with E-state index in [0.717, 1.165) is 21.5 Å². The third-order valence-electron chi connectivity index (χ3n) is 4.96. The van der Waals surface area contributed by atoms with Gasteiger partial charge in [-0.2, -0.15) is 0 Å². The van der Waals surface area contributed by atoms with E-state index < -0.39 is 16.9 Å². The number of non-ortho nitro benzene ring substituents is 1. The van der Waals surface area contributed by atoms with Gasteiger partial charge in [-0.15, -0.1) is 11.3 Å². The molecule has 2 N–H and O–H groups in total. The fourth-order valence-electron chi connectivity index (χ4n) is 3.48. The minimum absolute atomic E-state index is 0.0896. The topological polar surface area (TPSA) is 105 Å². The number of nitro benzene ring substituents is 1. The highest BCUT2D eigenvalue weighted by atomic mass is 32.1. The lowest BCUT2D eigenvalue weighted by Gasteiger charge is -2.13. The first-order valence-electron chi connectivity index (χ1n) is 9.54. The number of thiophene rings is 1. The van der Waals surface area contributed by atoms with Crippen molar-refractivity contribution in [3.05, 3.63) is 98.0 Å². The molecule has 31 heavy (non-hydrogen) atoms. The number of carbonyl (C=O) groups is 1. The van der Waals surface area contributed by atoms with Crippen LogP contribution in [0.3, 0.4) is 0 Å². The molecule has 0 aliphatic rings. The van der Waals surface area contributed by atoms with Gasteiger partial charge in [0.1, 0.15) is 10.9 Å². The highest BCUT2D eigenvalue weighted by molar-refractivity contribution is 7.19. The Balaban J connectivity index is 1.79. The second-order valence-corrected chi connectivity index (χ2v) is 8.20. The van der Waals surface area contributed by atoms with Crippen LogP contribution < -0.4 is 5.32 Å². The lowest BCUT2D eigenvalue weighted by atomic mass is 10.0. The van der Waals surface area contributed by atoms with Crippen molar-refractivity contribution in [2.45, 2.75) is 20.0 Å². The number of nitrogens with zero attached hydrogens (tertiary/aromatic N) is 2. The number of carbonyl (C=O) groups excluding carboxylic acids is 1. The number of aromatic nitrogens is 1. The standard InChI is InChI=1S/C23H19N3O4S/c1-13-12-14(2)24-23-18(13)19(21(31-23)20(27)15-6-4-3-5-7-15)25-22(28)16-8-10-17(11-9-16)26(29)30/h3-12,20,27H,1-2H3,(H,25,28)/t20-/m1/s1. The van der Waals surface area contributed by atoms with E-state index in [0.29, 0.717) is 16.1 Å². The van der Waals surface area contributed by atoms with Crippen LogP contribution in [0.1, 0.15) is 38.2 Å². The summed E-state index contributed by atoms with van der Waals surface area (Å²) < 4.78 is 0. The van der Waals surface area contributed by atoms with E-state index in [1.165, 1.54) is 35.6 Å². The Labute approximate surface area is 182 Å². The van der Waals surface area contributed by atoms with Gasteiger partial charge in [-0.1, -0.05) is 30.3 Å². The number of anilines is 1. The molecule has 4 aromatic rings. The van der Waals surface area contributed by atoms with Crippen LogP contribution in [0.25, 0.3) is 10.2 Å². The lowest BCUT2D eigenvalue weighted by Crippen LogP contribution is -2.14. The molecule has 0 saturated heterocycles. The van der Waals surface area contributed by atoms with Crippen molar-refractivity contribution >= 4 is 38.8 Å². The fraction of sp³-hybridized carbons (Fsp3) is 0.130. The summed E-state index contributed by atoms with van der Waals surface area (Å²) in [6.07, 6.45) is -0.938. The summed E-state index contributed by atoms with van der Waals surface area (Å²) in [5, 5.41) is 25.6. The van der Waals surface area contributed by atoms with Crippen molar-refractivity contribution in [3.8, 4) is 0 Å². The maximum atomic E-state index is 12.9. The zero-order valence-electron chi connectivity index (χ0n) is 16.8. The summed E-state index contributed by atoms with van der Waals surface area (Å²) in [5.74, 6) is -0.420. The largest absolute Gasteiger partial charge is 0.383 e. The Morgan fingerprint density at radius 3 is 2.45 bits per heavy atom. The first kappa shape index (κ1) is 20.6. The predicted octanol–water partition coefficient (Wildman–Crippen LogP) is 5.16. The Morgan fingerprint density at radius 2 is 1.81 bits per heavy atom. The van der Waals surface area contributed by atoms with E-state index in [-0.39, 0.29) is 11.3 Å². The van der Waals surface area contributed by atoms with E-state index in [2.05, 4.69) is 10.3 Å². The number of nitro groups is 1. The number of amides is 1. The van der Waals surface area contributed by atoms with Gasteiger partial charge >= 0.3 is 0 Å². The van der Waals surface area contributed by atoms with E-state index in [4.69, 9.17) is 0 Å². The maximum Gasteiger partial charge on any atom is 0.269 e. The van der Waals surface area contributed by atoms with Crippen LogP contribution in [0.2, 0.25) is 0 Å². The molecule has 0 bridgehead atoms. The number of fused-ring (bicyclic) bond motifs is 1. The number of hydrogen-bond acceptors (Lipinski definition) is 6. The quantitative estimate of drug-likeness (QED) is 0.334. The van der Waals surface area contributed by atoms with Gasteiger partial charge in [0.05, 0.1) is 15.5 Å². The van der Waals surface area contributed by atoms with Crippen molar-refractivity contribution in [2.75, 3.05) is 5.32 Å². The van der Waals surface area contributed by atoms with E-state index >= 15 is 0 Å². The van der Waals surface area contributed by atoms with Crippen molar-refractivity contribution in [1.29, 1.82) is 0 Å². The second kappa shape index (κ2) is 8.25. The maximum absolute atomic E-state index is 12.9. The molecule has 0 aliphatic carbocycles. The average Bonchev–Trinajstić information content (AvgIpc) is 3.12. The van der Waals surface area contributed by atoms with Crippen LogP contribution in [0.15, 0.2) is 60.7 Å². The third-order valence-corrected chi connectivity index (χ3v) is 6.09. The molecule has 0 fully saturated rings. The van der Waals surface area contributed by atoms with Crippen LogP contribution >= 0.6 is 11.3 Å². The monoisotopic (exact) mass is 433 g/mol. The Kier molecular flexibility index (Phi) is 5.50. The molecule has 2 heterocycles. The van der Waals surface area contributed by atoms with Gasteiger partial charge < -0.3 is 10.4 Å². The van der Waals surface area contributed by atoms with E-state index in [1.54, 1.807) is 0 Å². The summed E-state index contributed by atoms with van der Waals surface area (Å²) in [5.41, 5.74) is 3.18. The number of rotatable bonds is 5. The lowest BCUT2D eigenvalue weighted by molar-refractivity contribution is -0.384. The molecule has 4 rings (SSSR count). The zero-order valence-corrected chi connectivity index (χ0v) is 17.6. The molecule has 2 aromatic heterocycles. The molecule has 156 valence electrons. The van der Waals surface area contributed by atoms with Gasteiger partial charge in [-0.05, 0) is 43.2 Å². The van der Waals surface area contributed by atoms with Crippen LogP contribution in [-0.4, -0.2) is 20.9 Å². The first-order valence-corrected chi connectivity index (χ1v) is 10.4. The van der Waals surface area contributed by atoms with Crippen molar-refractivity contribution in [1.82, 2.24) is 4.98 Å². The number of benzene rings is 2. The highest BCUT2D eigenvalue weighted by Gasteiger charge is 2.24. The molecule has 0 radical (unpaired) electrons. The van der Waals surface area contributed by atoms with E-state index in [9.17, 15) is 20.0 Å². The molecule has 7 nitrogen and oxygen atoms in total. The number of aliphatic hydroxyl groups is 1. The minimum Gasteiger partial charge on any atom is -0.383 e. The van der Waals surface area contributed by atoms with Crippen LogP contribution in [0, 0.1) is 24.0 Å². The first-order chi connectivity index (χ1) is 14.8. The van der Waals surface area contributed by atoms with Crippen molar-refractivity contribution in [2.24, 2.45) is 0 Å². The van der Waals surface area contributed by atoms with Gasteiger partial charge in [0, 0.05) is 28.8 Å². The Hall–Kier alpha value is -3.62. The smallest absolute Gasteiger partial charge is 0.269 e. The second-order valence-electron chi connectivity index (χ2n) is 7.17. The number of aryl methyl sites for hydroxylation is 2. The predicted molar refractivity (Wildman–Crippen MR) is 121 cm³/mol. The molecular weight excluding hydrogens is 414 g/mol. The summed E-state index contributed by atoms with van der Waals surface area (Å²) in [6.45, 7) is 3.83. The van der Waals surface area contributed by atoms with Crippen molar-refractivity contribution < 1.29 is 14.8 Å². The normalized spacial score (nSPS) is 12.0. The summed E-state index contributed by atoms with van der Waals surface area (Å²) >= 11 is 1.33. The summed E-state index contributed by atoms with van der Waals surface area (Å²) in [4.78, 5) is 29.2. The van der Waals surface area contributed by atoms with Gasteiger partial charge in [0.25, 0.3) is 11.6 Å². The van der Waals surface area contributed by atoms with Crippen LogP contribution in [0.5, 0.6) is 0 Å². The van der Waals surface area contributed by atoms with E-state index in [1.807, 2.05) is 50.2 Å². The third kappa shape index (κ3) is 4.03. The Bertz CT molecular complexity index is 1280. The van der Waals surface area contributed by atoms with Gasteiger partial charge in [0.2, 0.25) is 0 Å². The Morgan fingerprint density at radius 1 is 1.13 bits per heavy atom. The minimum atomic E-state index is -0.938. The molecule has 1 amide bonds. The molecule has 0 saturated carbocycles. The van der Waals surface area contributed by atoms with Gasteiger partial charge in [-0.3, -0.25) is 14.9 Å². The van der Waals surface area contributed by atoms with Crippen LogP contribution in [0.4, 0.5) is 11.4 Å². The number of pyridine rings is 1. The molecule has 2 aromatic carbocycles. The number of nitrogens with one attached hydrogen (secondary N) is 1. The van der Waals surface area contributed by atoms with Crippen molar-refractivity contribution in [3.63, 3.8) is 0 Å². The highest BCUT2D eigenvalue weighted by Crippen LogP contribution is 2.42. The summed E-state index contributed by atoms with van der Waals surface area (Å²) in [7, 11) is 0. The SMILES string of the molecule is Cc1cc(C)c2c(NC(=O)c3ccc([N+](=O)[O-])cc3)c([C@H](O)c3ccccc3)sc2n1. The summed E-state index contributed by atoms with van der Waals surface area (Å²) in [6, 6.07) is 16.5.